The van der Waals surface area contributed by atoms with Crippen molar-refractivity contribution in [3.8, 4) is 0 Å². The van der Waals surface area contributed by atoms with Crippen LogP contribution in [0.1, 0.15) is 45.6 Å². The molecule has 0 aliphatic heterocycles. The minimum Gasteiger partial charge on any atom is -0.444 e. The van der Waals surface area contributed by atoms with Crippen LogP contribution in [0.15, 0.2) is 24.3 Å². The van der Waals surface area contributed by atoms with Crippen LogP contribution >= 0.6 is 0 Å². The Balaban J connectivity index is 2.11. The van der Waals surface area contributed by atoms with E-state index in [0.717, 1.165) is 30.3 Å². The Bertz CT molecular complexity index is 458. The van der Waals surface area contributed by atoms with Crippen molar-refractivity contribution >= 4 is 19.4 Å². The lowest BCUT2D eigenvalue weighted by atomic mass is 9.71. The number of nitrogens with one attached hydrogen (secondary N) is 1. The van der Waals surface area contributed by atoms with Gasteiger partial charge in [0.2, 0.25) is 0 Å². The molecule has 2 rings (SSSR count). The second-order valence-electron chi connectivity index (χ2n) is 6.18. The highest BCUT2D eigenvalue weighted by Gasteiger charge is 2.40. The zero-order valence-corrected chi connectivity index (χ0v) is 11.8. The minimum absolute atomic E-state index is 0.282. The van der Waals surface area contributed by atoms with E-state index >= 15 is 0 Å². The van der Waals surface area contributed by atoms with Gasteiger partial charge in [-0.25, -0.2) is 4.79 Å². The molecule has 1 N–H and O–H groups in total. The van der Waals surface area contributed by atoms with Crippen LogP contribution in [-0.4, -0.2) is 19.5 Å². The first kappa shape index (κ1) is 14.0. The predicted octanol–water partition coefficient (Wildman–Crippen LogP) is 2.38. The van der Waals surface area contributed by atoms with Crippen molar-refractivity contribution in [1.82, 2.24) is 5.32 Å². The fraction of sp³-hybridized carbons (Fsp3) is 0.533. The average molecular weight is 257 g/mol. The van der Waals surface area contributed by atoms with Gasteiger partial charge in [-0.1, -0.05) is 29.7 Å². The van der Waals surface area contributed by atoms with Gasteiger partial charge >= 0.3 is 6.09 Å². The summed E-state index contributed by atoms with van der Waals surface area (Å²) < 4.78 is 5.34. The van der Waals surface area contributed by atoms with Crippen LogP contribution < -0.4 is 10.8 Å². The van der Waals surface area contributed by atoms with Crippen LogP contribution in [0.4, 0.5) is 4.79 Å². The standard InChI is InChI=1S/C15H20BNO2/c1-14(2,3)19-13(18)17-15(9-4-10-15)11-5-7-12(16)8-6-11/h5-8H,4,9-10H2,1-3H3,(H,17,18). The van der Waals surface area contributed by atoms with Crippen LogP contribution in [0.3, 0.4) is 0 Å². The Morgan fingerprint density at radius 3 is 2.26 bits per heavy atom. The van der Waals surface area contributed by atoms with Crippen molar-refractivity contribution in [3.05, 3.63) is 29.8 Å². The fourth-order valence-electron chi connectivity index (χ4n) is 2.32. The van der Waals surface area contributed by atoms with Crippen molar-refractivity contribution < 1.29 is 9.53 Å². The molecule has 1 aromatic rings. The predicted molar refractivity (Wildman–Crippen MR) is 76.7 cm³/mol. The summed E-state index contributed by atoms with van der Waals surface area (Å²) in [4.78, 5) is 11.9. The molecule has 1 fully saturated rings. The lowest BCUT2D eigenvalue weighted by molar-refractivity contribution is 0.0377. The van der Waals surface area contributed by atoms with Crippen molar-refractivity contribution in [1.29, 1.82) is 0 Å². The second kappa shape index (κ2) is 4.91. The summed E-state index contributed by atoms with van der Waals surface area (Å²) in [5.74, 6) is 0. The van der Waals surface area contributed by atoms with Crippen molar-refractivity contribution in [3.63, 3.8) is 0 Å². The van der Waals surface area contributed by atoms with Crippen LogP contribution in [0.25, 0.3) is 0 Å². The number of alkyl carbamates (subject to hydrolysis) is 1. The van der Waals surface area contributed by atoms with Gasteiger partial charge in [-0.05, 0) is 45.6 Å². The van der Waals surface area contributed by atoms with Crippen molar-refractivity contribution in [2.75, 3.05) is 0 Å². The third-order valence-corrected chi connectivity index (χ3v) is 3.41. The zero-order valence-electron chi connectivity index (χ0n) is 11.8. The summed E-state index contributed by atoms with van der Waals surface area (Å²) in [6, 6.07) is 7.69. The largest absolute Gasteiger partial charge is 0.444 e. The highest BCUT2D eigenvalue weighted by atomic mass is 16.6. The first-order chi connectivity index (χ1) is 8.81. The van der Waals surface area contributed by atoms with E-state index in [2.05, 4.69) is 5.32 Å². The number of carbonyl (C=O) groups excluding carboxylic acids is 1. The van der Waals surface area contributed by atoms with E-state index in [1.807, 2.05) is 45.0 Å². The van der Waals surface area contributed by atoms with Gasteiger partial charge in [-0.2, -0.15) is 0 Å². The van der Waals surface area contributed by atoms with Crippen LogP contribution in [-0.2, 0) is 10.3 Å². The van der Waals surface area contributed by atoms with Gasteiger partial charge in [-0.3, -0.25) is 0 Å². The molecular formula is C15H20BNO2. The van der Waals surface area contributed by atoms with E-state index in [4.69, 9.17) is 12.6 Å². The van der Waals surface area contributed by atoms with Crippen molar-refractivity contribution in [2.24, 2.45) is 0 Å². The third kappa shape index (κ3) is 3.31. The molecule has 0 heterocycles. The molecule has 1 amide bonds. The van der Waals surface area contributed by atoms with Gasteiger partial charge in [-0.15, -0.1) is 0 Å². The van der Waals surface area contributed by atoms with Crippen LogP contribution in [0.5, 0.6) is 0 Å². The van der Waals surface area contributed by atoms with E-state index in [1.54, 1.807) is 0 Å². The van der Waals surface area contributed by atoms with Gasteiger partial charge in [0, 0.05) is 0 Å². The normalized spacial score (nSPS) is 17.4. The first-order valence-electron chi connectivity index (χ1n) is 6.68. The molecule has 0 bridgehead atoms. The smallest absolute Gasteiger partial charge is 0.408 e. The van der Waals surface area contributed by atoms with Gasteiger partial charge < -0.3 is 10.1 Å². The highest BCUT2D eigenvalue weighted by Crippen LogP contribution is 2.41. The first-order valence-corrected chi connectivity index (χ1v) is 6.68. The summed E-state index contributed by atoms with van der Waals surface area (Å²) >= 11 is 0. The summed E-state index contributed by atoms with van der Waals surface area (Å²) in [6.45, 7) is 5.59. The summed E-state index contributed by atoms with van der Waals surface area (Å²) in [7, 11) is 5.70. The maximum atomic E-state index is 11.9. The Labute approximate surface area is 116 Å². The molecule has 2 radical (unpaired) electrons. The topological polar surface area (TPSA) is 38.3 Å². The van der Waals surface area contributed by atoms with Gasteiger partial charge in [0.15, 0.2) is 0 Å². The molecule has 1 aliphatic rings. The quantitative estimate of drug-likeness (QED) is 0.826. The fourth-order valence-corrected chi connectivity index (χ4v) is 2.32. The van der Waals surface area contributed by atoms with Gasteiger partial charge in [0.25, 0.3) is 0 Å². The number of hydrogen-bond donors (Lipinski definition) is 1. The molecule has 1 aliphatic carbocycles. The molecule has 1 aromatic carbocycles. The van der Waals surface area contributed by atoms with Crippen LogP contribution in [0, 0.1) is 0 Å². The second-order valence-corrected chi connectivity index (χ2v) is 6.18. The monoisotopic (exact) mass is 257 g/mol. The molecular weight excluding hydrogens is 237 g/mol. The Morgan fingerprint density at radius 1 is 1.26 bits per heavy atom. The van der Waals surface area contributed by atoms with Crippen molar-refractivity contribution in [2.45, 2.75) is 51.2 Å². The van der Waals surface area contributed by atoms with E-state index in [0.29, 0.717) is 0 Å². The Kier molecular flexibility index (Phi) is 3.61. The summed E-state index contributed by atoms with van der Waals surface area (Å²) in [5, 5.41) is 3.02. The van der Waals surface area contributed by atoms with Crippen LogP contribution in [0.2, 0.25) is 0 Å². The SMILES string of the molecule is [B]c1ccc(C2(NC(=O)OC(C)(C)C)CCC2)cc1. The third-order valence-electron chi connectivity index (χ3n) is 3.41. The lowest BCUT2D eigenvalue weighted by Gasteiger charge is -2.43. The van der Waals surface area contributed by atoms with E-state index in [1.165, 1.54) is 0 Å². The molecule has 0 spiro atoms. The van der Waals surface area contributed by atoms with E-state index < -0.39 is 5.60 Å². The maximum Gasteiger partial charge on any atom is 0.408 e. The summed E-state index contributed by atoms with van der Waals surface area (Å²) in [5.41, 5.74) is 1.07. The zero-order chi connectivity index (χ0) is 14.1. The Morgan fingerprint density at radius 2 is 1.84 bits per heavy atom. The number of amides is 1. The van der Waals surface area contributed by atoms with Gasteiger partial charge in [0.1, 0.15) is 13.4 Å². The highest BCUT2D eigenvalue weighted by molar-refractivity contribution is 6.32. The number of rotatable bonds is 2. The lowest BCUT2D eigenvalue weighted by Crippen LogP contribution is -2.52. The summed E-state index contributed by atoms with van der Waals surface area (Å²) in [6.07, 6.45) is 2.64. The maximum absolute atomic E-state index is 11.9. The molecule has 4 heteroatoms. The molecule has 0 unspecified atom stereocenters. The van der Waals surface area contributed by atoms with Gasteiger partial charge in [0.05, 0.1) is 5.54 Å². The molecule has 100 valence electrons. The average Bonchev–Trinajstić information content (AvgIpc) is 2.22. The number of ether oxygens (including phenoxy) is 1. The molecule has 0 aromatic heterocycles. The number of benzene rings is 1. The molecule has 1 saturated carbocycles. The van der Waals surface area contributed by atoms with E-state index in [9.17, 15) is 4.79 Å². The number of hydrogen-bond acceptors (Lipinski definition) is 2. The molecule has 3 nitrogen and oxygen atoms in total. The van der Waals surface area contributed by atoms with E-state index in [-0.39, 0.29) is 11.6 Å². The number of carbonyl (C=O) groups is 1. The Hall–Kier alpha value is -1.45. The molecule has 19 heavy (non-hydrogen) atoms. The minimum atomic E-state index is -0.476. The molecule has 0 saturated heterocycles. The molecule has 0 atom stereocenters.